The maximum absolute atomic E-state index is 14.4. The van der Waals surface area contributed by atoms with Crippen LogP contribution >= 0.6 is 0 Å². The number of esters is 1. The van der Waals surface area contributed by atoms with Gasteiger partial charge in [0.25, 0.3) is 0 Å². The predicted molar refractivity (Wildman–Crippen MR) is 129 cm³/mol. The Morgan fingerprint density at radius 1 is 1.03 bits per heavy atom. The fourth-order valence-corrected chi connectivity index (χ4v) is 7.42. The molecule has 1 saturated carbocycles. The zero-order chi connectivity index (χ0) is 23.9. The van der Waals surface area contributed by atoms with Crippen molar-refractivity contribution in [3.8, 4) is 0 Å². The highest BCUT2D eigenvalue weighted by Gasteiger charge is 2.53. The number of rotatable bonds is 9. The summed E-state index contributed by atoms with van der Waals surface area (Å²) in [7, 11) is -2.81. The van der Waals surface area contributed by atoms with Gasteiger partial charge in [-0.05, 0) is 75.2 Å². The van der Waals surface area contributed by atoms with E-state index in [1.54, 1.807) is 0 Å². The van der Waals surface area contributed by atoms with Crippen LogP contribution in [0.5, 0.6) is 0 Å². The van der Waals surface area contributed by atoms with Crippen LogP contribution in [0.2, 0.25) is 0 Å². The topological polar surface area (TPSA) is 60.4 Å². The number of allylic oxidation sites excluding steroid dienone is 5. The number of alkyl halides is 1. The molecule has 2 rings (SSSR count). The van der Waals surface area contributed by atoms with Crippen molar-refractivity contribution in [1.82, 2.24) is 0 Å². The summed E-state index contributed by atoms with van der Waals surface area (Å²) in [5.74, 6) is -0.697. The van der Waals surface area contributed by atoms with Crippen molar-refractivity contribution in [2.45, 2.75) is 108 Å². The van der Waals surface area contributed by atoms with Gasteiger partial charge in [-0.15, -0.1) is 0 Å². The van der Waals surface area contributed by atoms with E-state index in [-0.39, 0.29) is 23.2 Å². The summed E-state index contributed by atoms with van der Waals surface area (Å²) in [6.45, 7) is 5.77. The van der Waals surface area contributed by atoms with Crippen LogP contribution in [0.25, 0.3) is 0 Å². The van der Waals surface area contributed by atoms with Gasteiger partial charge in [-0.2, -0.15) is 0 Å². The second-order valence-corrected chi connectivity index (χ2v) is 12.1. The van der Waals surface area contributed by atoms with Gasteiger partial charge in [-0.1, -0.05) is 58.4 Å². The molecule has 1 fully saturated rings. The Bertz CT molecular complexity index is 816. The molecule has 0 aromatic rings. The van der Waals surface area contributed by atoms with E-state index in [1.807, 2.05) is 0 Å². The van der Waals surface area contributed by atoms with Crippen LogP contribution < -0.4 is 0 Å². The van der Waals surface area contributed by atoms with Crippen LogP contribution in [-0.2, 0) is 19.4 Å². The number of hydrogen-bond acceptors (Lipinski definition) is 4. The molecule has 182 valence electrons. The monoisotopic (exact) mass is 468 g/mol. The van der Waals surface area contributed by atoms with Crippen molar-refractivity contribution in [2.24, 2.45) is 5.41 Å². The fraction of sp³-hybridized carbons (Fsp3) is 0.731. The summed E-state index contributed by atoms with van der Waals surface area (Å²) in [5.41, 5.74) is -1.50. The first-order valence-electron chi connectivity index (χ1n) is 12.2. The Kier molecular flexibility index (Phi) is 9.33. The Morgan fingerprint density at radius 3 is 2.09 bits per heavy atom. The first-order chi connectivity index (χ1) is 15.1. The average molecular weight is 469 g/mol. The number of unbranched alkanes of at least 4 members (excludes halogenated alkanes) is 2. The van der Waals surface area contributed by atoms with Gasteiger partial charge >= 0.3 is 5.97 Å². The van der Waals surface area contributed by atoms with Gasteiger partial charge < -0.3 is 4.74 Å². The lowest BCUT2D eigenvalue weighted by atomic mass is 9.68. The molecule has 2 aliphatic carbocycles. The molecule has 1 atom stereocenters. The van der Waals surface area contributed by atoms with Gasteiger partial charge in [-0.3, -0.25) is 4.79 Å². The summed E-state index contributed by atoms with van der Waals surface area (Å²) in [6, 6.07) is 0. The molecule has 0 saturated heterocycles. The lowest BCUT2D eigenvalue weighted by Gasteiger charge is -2.40. The molecule has 0 N–H and O–H groups in total. The van der Waals surface area contributed by atoms with Crippen LogP contribution in [0.4, 0.5) is 4.39 Å². The van der Waals surface area contributed by atoms with Crippen molar-refractivity contribution in [2.75, 3.05) is 7.11 Å². The normalized spacial score (nSPS) is 25.3. The highest BCUT2D eigenvalue weighted by atomic mass is 32.2. The highest BCUT2D eigenvalue weighted by molar-refractivity contribution is 7.97. The molecule has 0 heterocycles. The van der Waals surface area contributed by atoms with Crippen molar-refractivity contribution in [3.05, 3.63) is 35.3 Å². The number of sulfone groups is 1. The first kappa shape index (κ1) is 26.8. The van der Waals surface area contributed by atoms with E-state index < -0.39 is 26.2 Å². The molecule has 0 spiro atoms. The lowest BCUT2D eigenvalue weighted by Crippen LogP contribution is -2.48. The van der Waals surface area contributed by atoms with Crippen molar-refractivity contribution in [3.63, 3.8) is 0 Å². The van der Waals surface area contributed by atoms with E-state index in [0.717, 1.165) is 38.5 Å². The van der Waals surface area contributed by atoms with Crippen LogP contribution in [0.1, 0.15) is 97.8 Å². The van der Waals surface area contributed by atoms with Crippen LogP contribution in [-0.4, -0.2) is 31.9 Å². The molecule has 4 nitrogen and oxygen atoms in total. The first-order valence-corrected chi connectivity index (χ1v) is 13.7. The van der Waals surface area contributed by atoms with Gasteiger partial charge in [0.05, 0.1) is 12.0 Å². The molecule has 0 aromatic carbocycles. The second-order valence-electron chi connectivity index (χ2n) is 9.82. The van der Waals surface area contributed by atoms with Crippen LogP contribution in [0.3, 0.4) is 0 Å². The minimum atomic E-state index is -4.06. The number of hydrogen-bond donors (Lipinski definition) is 0. The van der Waals surface area contributed by atoms with Gasteiger partial charge in [-0.25, -0.2) is 12.8 Å². The second kappa shape index (κ2) is 11.1. The van der Waals surface area contributed by atoms with E-state index in [0.29, 0.717) is 12.8 Å². The molecule has 0 amide bonds. The molecule has 2 aliphatic rings. The maximum atomic E-state index is 14.4. The molecule has 32 heavy (non-hydrogen) atoms. The van der Waals surface area contributed by atoms with Gasteiger partial charge in [0.2, 0.25) is 0 Å². The van der Waals surface area contributed by atoms with Gasteiger partial charge in [0.1, 0.15) is 5.67 Å². The number of ether oxygens (including phenoxy) is 1. The zero-order valence-electron chi connectivity index (χ0n) is 20.3. The fourth-order valence-electron chi connectivity index (χ4n) is 5.34. The Hall–Kier alpha value is -1.43. The molecule has 0 radical (unpaired) electrons. The van der Waals surface area contributed by atoms with Crippen molar-refractivity contribution >= 4 is 15.8 Å². The summed E-state index contributed by atoms with van der Waals surface area (Å²) in [4.78, 5) is 13.0. The molecule has 1 unspecified atom stereocenters. The van der Waals surface area contributed by atoms with Gasteiger partial charge in [0, 0.05) is 0 Å². The predicted octanol–water partition coefficient (Wildman–Crippen LogP) is 6.77. The van der Waals surface area contributed by atoms with Gasteiger partial charge in [0.15, 0.2) is 14.6 Å². The highest BCUT2D eigenvalue weighted by Crippen LogP contribution is 2.47. The lowest BCUT2D eigenvalue weighted by molar-refractivity contribution is -0.144. The zero-order valence-corrected chi connectivity index (χ0v) is 21.1. The Balaban J connectivity index is 2.37. The Labute approximate surface area is 194 Å². The van der Waals surface area contributed by atoms with E-state index in [4.69, 9.17) is 4.74 Å². The Morgan fingerprint density at radius 2 is 1.59 bits per heavy atom. The standard InChI is InChI=1S/C26H41FO4S/c1-5-7-15-25(16-8-6-2)17-10-19-26(20-11-18-25,23(28)31-4)32(29,30)22-12-9-14-24(3,27)21-13-22/h9,12-14,21H,5-8,10-11,15-20H2,1-4H3. The quantitative estimate of drug-likeness (QED) is 0.350. The van der Waals surface area contributed by atoms with E-state index >= 15 is 0 Å². The van der Waals surface area contributed by atoms with Crippen molar-refractivity contribution < 1.29 is 22.3 Å². The smallest absolute Gasteiger partial charge is 0.327 e. The molecule has 6 heteroatoms. The number of methoxy groups -OCH3 is 1. The van der Waals surface area contributed by atoms with E-state index in [9.17, 15) is 17.6 Å². The minimum absolute atomic E-state index is 0.0238. The third-order valence-electron chi connectivity index (χ3n) is 7.33. The molecule has 0 aliphatic heterocycles. The third-order valence-corrected chi connectivity index (χ3v) is 9.83. The number of halogens is 1. The summed E-state index contributed by atoms with van der Waals surface area (Å²) >= 11 is 0. The number of carbonyl (C=O) groups is 1. The number of carbonyl (C=O) groups excluding carboxylic acids is 1. The largest absolute Gasteiger partial charge is 0.468 e. The molecule has 0 aromatic heterocycles. The third kappa shape index (κ3) is 5.92. The summed E-state index contributed by atoms with van der Waals surface area (Å²) in [6.07, 6.45) is 17.3. The average Bonchev–Trinajstić information content (AvgIpc) is 2.92. The molecule has 0 bridgehead atoms. The summed E-state index contributed by atoms with van der Waals surface area (Å²) < 4.78 is 45.4. The summed E-state index contributed by atoms with van der Waals surface area (Å²) in [5, 5.41) is 0. The SMILES string of the molecule is CCCCC1(CCCC)CCCC(C(=O)OC)(S(=O)(=O)C2=CC=CC(C)(F)C=C2)CCC1. The van der Waals surface area contributed by atoms with E-state index in [1.165, 1.54) is 57.3 Å². The van der Waals surface area contributed by atoms with Crippen LogP contribution in [0.15, 0.2) is 35.3 Å². The van der Waals surface area contributed by atoms with Crippen molar-refractivity contribution in [1.29, 1.82) is 0 Å². The minimum Gasteiger partial charge on any atom is -0.468 e. The van der Waals surface area contributed by atoms with Crippen LogP contribution in [0, 0.1) is 5.41 Å². The van der Waals surface area contributed by atoms with E-state index in [2.05, 4.69) is 13.8 Å². The molecular formula is C26H41FO4S. The molecular weight excluding hydrogens is 427 g/mol. The maximum Gasteiger partial charge on any atom is 0.327 e.